The number of hydrogen-bond donors (Lipinski definition) is 1. The summed E-state index contributed by atoms with van der Waals surface area (Å²) in [6, 6.07) is 5.69. The Balaban J connectivity index is 2.27. The fraction of sp³-hybridized carbons (Fsp3) is 0.538. The number of benzene rings is 1. The number of ether oxygens (including phenoxy) is 1. The Labute approximate surface area is 100.0 Å². The van der Waals surface area contributed by atoms with Crippen molar-refractivity contribution in [3.05, 3.63) is 29.3 Å². The van der Waals surface area contributed by atoms with Gasteiger partial charge in [-0.3, -0.25) is 0 Å². The lowest BCUT2D eigenvalue weighted by molar-refractivity contribution is -0.0512. The molecule has 0 amide bonds. The average Bonchev–Trinajstić information content (AvgIpc) is 2.32. The first-order valence-electron chi connectivity index (χ1n) is 5.96. The fourth-order valence-electron chi connectivity index (χ4n) is 2.32. The van der Waals surface area contributed by atoms with Crippen molar-refractivity contribution in [2.24, 2.45) is 0 Å². The van der Waals surface area contributed by atoms with Gasteiger partial charge in [-0.2, -0.15) is 8.78 Å². The van der Waals surface area contributed by atoms with E-state index >= 15 is 0 Å². The monoisotopic (exact) mass is 241 g/mol. The number of alkyl halides is 2. The first kappa shape index (κ1) is 12.3. The molecule has 4 heteroatoms. The molecule has 1 aliphatic heterocycles. The zero-order chi connectivity index (χ0) is 12.3. The van der Waals surface area contributed by atoms with Gasteiger partial charge in [0.15, 0.2) is 0 Å². The maximum Gasteiger partial charge on any atom is 0.387 e. The van der Waals surface area contributed by atoms with E-state index in [-0.39, 0.29) is 6.04 Å². The number of para-hydroxylation sites is 1. The number of rotatable bonds is 3. The van der Waals surface area contributed by atoms with Crippen molar-refractivity contribution in [3.8, 4) is 5.75 Å². The van der Waals surface area contributed by atoms with Gasteiger partial charge < -0.3 is 10.1 Å². The molecule has 2 nitrogen and oxygen atoms in total. The van der Waals surface area contributed by atoms with Crippen LogP contribution in [-0.4, -0.2) is 13.2 Å². The minimum absolute atomic E-state index is 0.136. The molecule has 1 atom stereocenters. The van der Waals surface area contributed by atoms with Crippen LogP contribution < -0.4 is 10.1 Å². The molecule has 1 unspecified atom stereocenters. The highest BCUT2D eigenvalue weighted by Crippen LogP contribution is 2.33. The minimum atomic E-state index is -2.77. The van der Waals surface area contributed by atoms with Crippen LogP contribution in [0.5, 0.6) is 5.75 Å². The fourth-order valence-corrected chi connectivity index (χ4v) is 2.32. The number of piperidine rings is 1. The Bertz CT molecular complexity index is 376. The van der Waals surface area contributed by atoms with Crippen molar-refractivity contribution in [2.75, 3.05) is 6.54 Å². The summed E-state index contributed by atoms with van der Waals surface area (Å²) in [6.45, 7) is -0.0324. The number of nitrogens with one attached hydrogen (secondary N) is 1. The van der Waals surface area contributed by atoms with E-state index in [1.54, 1.807) is 13.0 Å². The smallest absolute Gasteiger partial charge is 0.387 e. The van der Waals surface area contributed by atoms with Crippen LogP contribution in [0.2, 0.25) is 0 Å². The number of halogens is 2. The summed E-state index contributed by atoms with van der Waals surface area (Å²) in [4.78, 5) is 0. The molecule has 1 heterocycles. The van der Waals surface area contributed by atoms with Gasteiger partial charge in [0.25, 0.3) is 0 Å². The highest BCUT2D eigenvalue weighted by atomic mass is 19.3. The van der Waals surface area contributed by atoms with Gasteiger partial charge >= 0.3 is 6.61 Å². The van der Waals surface area contributed by atoms with Gasteiger partial charge in [-0.05, 0) is 31.9 Å². The standard InChI is InChI=1S/C13H17F2NO/c1-9-5-4-6-10(12(9)17-13(14)15)11-7-2-3-8-16-11/h4-6,11,13,16H,2-3,7-8H2,1H3. The summed E-state index contributed by atoms with van der Waals surface area (Å²) in [5.41, 5.74) is 1.61. The van der Waals surface area contributed by atoms with E-state index < -0.39 is 6.61 Å². The van der Waals surface area contributed by atoms with Crippen LogP contribution in [0.4, 0.5) is 8.78 Å². The van der Waals surface area contributed by atoms with Gasteiger partial charge in [-0.25, -0.2) is 0 Å². The molecule has 0 aliphatic carbocycles. The zero-order valence-corrected chi connectivity index (χ0v) is 9.88. The summed E-state index contributed by atoms with van der Waals surface area (Å²) < 4.78 is 29.5. The molecular weight excluding hydrogens is 224 g/mol. The lowest BCUT2D eigenvalue weighted by Crippen LogP contribution is -2.27. The summed E-state index contributed by atoms with van der Waals surface area (Å²) >= 11 is 0. The SMILES string of the molecule is Cc1cccc(C2CCCCN2)c1OC(F)F. The summed E-state index contributed by atoms with van der Waals surface area (Å²) in [7, 11) is 0. The van der Waals surface area contributed by atoms with Crippen LogP contribution in [0, 0.1) is 6.92 Å². The van der Waals surface area contributed by atoms with Gasteiger partial charge in [0, 0.05) is 11.6 Å². The van der Waals surface area contributed by atoms with E-state index in [9.17, 15) is 8.78 Å². The largest absolute Gasteiger partial charge is 0.434 e. The second kappa shape index (κ2) is 5.45. The predicted octanol–water partition coefficient (Wildman–Crippen LogP) is 3.41. The van der Waals surface area contributed by atoms with Crippen molar-refractivity contribution < 1.29 is 13.5 Å². The Morgan fingerprint density at radius 3 is 2.82 bits per heavy atom. The molecule has 1 fully saturated rings. The molecule has 0 radical (unpaired) electrons. The molecule has 2 rings (SSSR count). The number of aryl methyl sites for hydroxylation is 1. The van der Waals surface area contributed by atoms with Crippen molar-refractivity contribution in [1.29, 1.82) is 0 Å². The summed E-state index contributed by atoms with van der Waals surface area (Å²) in [5.74, 6) is 0.335. The molecule has 0 bridgehead atoms. The van der Waals surface area contributed by atoms with Gasteiger partial charge in [-0.15, -0.1) is 0 Å². The third-order valence-electron chi connectivity index (χ3n) is 3.14. The summed E-state index contributed by atoms with van der Waals surface area (Å²) in [5, 5.41) is 3.35. The Morgan fingerprint density at radius 2 is 2.18 bits per heavy atom. The molecule has 1 N–H and O–H groups in total. The van der Waals surface area contributed by atoms with E-state index in [4.69, 9.17) is 0 Å². The molecule has 1 saturated heterocycles. The Morgan fingerprint density at radius 1 is 1.35 bits per heavy atom. The van der Waals surface area contributed by atoms with Crippen molar-refractivity contribution in [2.45, 2.75) is 38.8 Å². The molecule has 0 spiro atoms. The predicted molar refractivity (Wildman–Crippen MR) is 62.4 cm³/mol. The summed E-state index contributed by atoms with van der Waals surface area (Å²) in [6.07, 6.45) is 3.25. The topological polar surface area (TPSA) is 21.3 Å². The molecule has 1 aromatic rings. The van der Waals surface area contributed by atoms with Crippen LogP contribution in [0.25, 0.3) is 0 Å². The second-order valence-corrected chi connectivity index (χ2v) is 4.37. The van der Waals surface area contributed by atoms with Crippen LogP contribution in [-0.2, 0) is 0 Å². The van der Waals surface area contributed by atoms with Crippen LogP contribution in [0.1, 0.15) is 36.4 Å². The van der Waals surface area contributed by atoms with Crippen LogP contribution in [0.15, 0.2) is 18.2 Å². The average molecular weight is 241 g/mol. The maximum absolute atomic E-state index is 12.4. The van der Waals surface area contributed by atoms with Gasteiger partial charge in [0.2, 0.25) is 0 Å². The highest BCUT2D eigenvalue weighted by Gasteiger charge is 2.21. The highest BCUT2D eigenvalue weighted by molar-refractivity contribution is 5.42. The van der Waals surface area contributed by atoms with Crippen molar-refractivity contribution >= 4 is 0 Å². The second-order valence-electron chi connectivity index (χ2n) is 4.37. The molecule has 0 saturated carbocycles. The van der Waals surface area contributed by atoms with Crippen molar-refractivity contribution in [1.82, 2.24) is 5.32 Å². The molecule has 1 aromatic carbocycles. The Hall–Kier alpha value is -1.16. The van der Waals surface area contributed by atoms with Crippen LogP contribution in [0.3, 0.4) is 0 Å². The minimum Gasteiger partial charge on any atom is -0.434 e. The van der Waals surface area contributed by atoms with E-state index in [1.807, 2.05) is 12.1 Å². The molecular formula is C13H17F2NO. The van der Waals surface area contributed by atoms with Gasteiger partial charge in [0.05, 0.1) is 0 Å². The molecule has 17 heavy (non-hydrogen) atoms. The maximum atomic E-state index is 12.4. The first-order valence-corrected chi connectivity index (χ1v) is 5.96. The lowest BCUT2D eigenvalue weighted by atomic mass is 9.95. The molecule has 1 aliphatic rings. The third kappa shape index (κ3) is 2.94. The van der Waals surface area contributed by atoms with E-state index in [0.29, 0.717) is 5.75 Å². The quantitative estimate of drug-likeness (QED) is 0.875. The normalized spacial score (nSPS) is 20.6. The third-order valence-corrected chi connectivity index (χ3v) is 3.14. The van der Waals surface area contributed by atoms with Crippen LogP contribution >= 0.6 is 0 Å². The zero-order valence-electron chi connectivity index (χ0n) is 9.88. The van der Waals surface area contributed by atoms with E-state index in [0.717, 1.165) is 36.9 Å². The van der Waals surface area contributed by atoms with Gasteiger partial charge in [0.1, 0.15) is 5.75 Å². The molecule has 94 valence electrons. The Kier molecular flexibility index (Phi) is 3.94. The van der Waals surface area contributed by atoms with Crippen molar-refractivity contribution in [3.63, 3.8) is 0 Å². The van der Waals surface area contributed by atoms with E-state index in [2.05, 4.69) is 10.1 Å². The number of hydrogen-bond acceptors (Lipinski definition) is 2. The van der Waals surface area contributed by atoms with E-state index in [1.165, 1.54) is 0 Å². The van der Waals surface area contributed by atoms with Gasteiger partial charge in [-0.1, -0.05) is 24.6 Å². The first-order chi connectivity index (χ1) is 8.18. The lowest BCUT2D eigenvalue weighted by Gasteiger charge is -2.26. The molecule has 0 aromatic heterocycles.